The number of aromatic nitrogens is 4. The molecule has 0 N–H and O–H groups in total. The molecule has 0 aliphatic carbocycles. The second kappa shape index (κ2) is 3.75. The van der Waals surface area contributed by atoms with Crippen LogP contribution in [0.1, 0.15) is 13.8 Å². The molecule has 0 saturated carbocycles. The second-order valence-electron chi connectivity index (χ2n) is 3.37. The van der Waals surface area contributed by atoms with Crippen LogP contribution in [0.4, 0.5) is 0 Å². The van der Waals surface area contributed by atoms with E-state index in [1.54, 1.807) is 11.7 Å². The maximum Gasteiger partial charge on any atom is 0.209 e. The molecule has 1 heterocycles. The van der Waals surface area contributed by atoms with Gasteiger partial charge in [-0.25, -0.2) is 4.68 Å². The van der Waals surface area contributed by atoms with E-state index < -0.39 is 0 Å². The van der Waals surface area contributed by atoms with Gasteiger partial charge >= 0.3 is 0 Å². The van der Waals surface area contributed by atoms with Crippen LogP contribution in [-0.2, 0) is 7.05 Å². The van der Waals surface area contributed by atoms with Gasteiger partial charge in [0.2, 0.25) is 5.16 Å². The van der Waals surface area contributed by atoms with Gasteiger partial charge in [0, 0.05) is 12.8 Å². The maximum atomic E-state index is 8.77. The zero-order valence-corrected chi connectivity index (χ0v) is 8.67. The molecule has 0 bridgehead atoms. The minimum Gasteiger partial charge on any atom is -0.224 e. The first-order valence-electron chi connectivity index (χ1n) is 3.81. The molecule has 0 fully saturated rings. The highest BCUT2D eigenvalue weighted by molar-refractivity contribution is 7.99. The summed E-state index contributed by atoms with van der Waals surface area (Å²) in [6.45, 7) is 3.79. The first kappa shape index (κ1) is 9.99. The third-order valence-corrected chi connectivity index (χ3v) is 2.92. The molecule has 1 aromatic heterocycles. The Labute approximate surface area is 81.1 Å². The highest BCUT2D eigenvalue weighted by Crippen LogP contribution is 2.24. The Bertz CT molecular complexity index is 324. The number of hydrogen-bond acceptors (Lipinski definition) is 5. The van der Waals surface area contributed by atoms with E-state index in [1.807, 2.05) is 13.8 Å². The fraction of sp³-hybridized carbons (Fsp3) is 0.714. The summed E-state index contributed by atoms with van der Waals surface area (Å²) < 4.78 is 1.60. The van der Waals surface area contributed by atoms with Crippen LogP contribution < -0.4 is 0 Å². The monoisotopic (exact) mass is 197 g/mol. The number of aryl methyl sites for hydroxylation is 1. The molecule has 0 atom stereocenters. The standard InChI is InChI=1S/C7H11N5S/c1-7(2,4-8)5-13-6-9-10-11-12(6)3/h5H2,1-3H3. The molecule has 0 unspecified atom stereocenters. The summed E-state index contributed by atoms with van der Waals surface area (Å²) in [4.78, 5) is 0. The Hall–Kier alpha value is -1.09. The third kappa shape index (κ3) is 2.70. The number of hydrogen-bond donors (Lipinski definition) is 0. The van der Waals surface area contributed by atoms with Gasteiger partial charge in [0.25, 0.3) is 0 Å². The summed E-state index contributed by atoms with van der Waals surface area (Å²) in [7, 11) is 1.78. The number of thioether (sulfide) groups is 1. The van der Waals surface area contributed by atoms with Crippen molar-refractivity contribution >= 4 is 11.8 Å². The molecule has 6 heteroatoms. The Kier molecular flexibility index (Phi) is 2.88. The van der Waals surface area contributed by atoms with E-state index in [0.717, 1.165) is 5.16 Å². The van der Waals surface area contributed by atoms with Crippen molar-refractivity contribution in [2.24, 2.45) is 12.5 Å². The van der Waals surface area contributed by atoms with Crippen molar-refractivity contribution in [1.82, 2.24) is 20.2 Å². The van der Waals surface area contributed by atoms with E-state index in [2.05, 4.69) is 21.6 Å². The molecule has 0 aromatic carbocycles. The lowest BCUT2D eigenvalue weighted by molar-refractivity contribution is 0.571. The molecule has 1 rings (SSSR count). The first-order chi connectivity index (χ1) is 6.05. The quantitative estimate of drug-likeness (QED) is 0.672. The molecule has 0 saturated heterocycles. The highest BCUT2D eigenvalue weighted by Gasteiger charge is 2.18. The smallest absolute Gasteiger partial charge is 0.209 e. The van der Waals surface area contributed by atoms with Crippen LogP contribution in [0.2, 0.25) is 0 Å². The lowest BCUT2D eigenvalue weighted by atomic mass is 10.00. The minimum absolute atomic E-state index is 0.337. The Morgan fingerprint density at radius 3 is 2.77 bits per heavy atom. The zero-order valence-electron chi connectivity index (χ0n) is 7.85. The van der Waals surface area contributed by atoms with Crippen LogP contribution in [0.3, 0.4) is 0 Å². The molecular formula is C7H11N5S. The van der Waals surface area contributed by atoms with Crippen molar-refractivity contribution in [1.29, 1.82) is 5.26 Å². The van der Waals surface area contributed by atoms with Gasteiger partial charge in [0.15, 0.2) is 0 Å². The van der Waals surface area contributed by atoms with Crippen LogP contribution in [0.5, 0.6) is 0 Å². The SMILES string of the molecule is Cn1nnnc1SCC(C)(C)C#N. The predicted octanol–water partition coefficient (Wildman–Crippen LogP) is 0.852. The van der Waals surface area contributed by atoms with Crippen molar-refractivity contribution in [3.63, 3.8) is 0 Å². The fourth-order valence-electron chi connectivity index (χ4n) is 0.621. The predicted molar refractivity (Wildman–Crippen MR) is 48.9 cm³/mol. The average Bonchev–Trinajstić information content (AvgIpc) is 2.48. The van der Waals surface area contributed by atoms with Crippen molar-refractivity contribution in [2.45, 2.75) is 19.0 Å². The number of nitriles is 1. The van der Waals surface area contributed by atoms with E-state index in [-0.39, 0.29) is 5.41 Å². The molecular weight excluding hydrogens is 186 g/mol. The second-order valence-corrected chi connectivity index (χ2v) is 4.31. The highest BCUT2D eigenvalue weighted by atomic mass is 32.2. The van der Waals surface area contributed by atoms with Crippen LogP contribution in [0, 0.1) is 16.7 Å². The Morgan fingerprint density at radius 2 is 2.31 bits per heavy atom. The molecule has 0 aliphatic rings. The van der Waals surface area contributed by atoms with Crippen LogP contribution in [-0.4, -0.2) is 26.0 Å². The van der Waals surface area contributed by atoms with Gasteiger partial charge < -0.3 is 0 Å². The van der Waals surface area contributed by atoms with Gasteiger partial charge in [-0.3, -0.25) is 0 Å². The van der Waals surface area contributed by atoms with Crippen LogP contribution in [0.25, 0.3) is 0 Å². The topological polar surface area (TPSA) is 67.4 Å². The van der Waals surface area contributed by atoms with E-state index in [4.69, 9.17) is 5.26 Å². The molecule has 70 valence electrons. The van der Waals surface area contributed by atoms with Gasteiger partial charge in [-0.2, -0.15) is 5.26 Å². The minimum atomic E-state index is -0.337. The van der Waals surface area contributed by atoms with Gasteiger partial charge in [0.1, 0.15) is 0 Å². The summed E-state index contributed by atoms with van der Waals surface area (Å²) in [5, 5.41) is 20.5. The number of rotatable bonds is 3. The number of nitrogens with zero attached hydrogens (tertiary/aromatic N) is 5. The molecule has 1 aromatic rings. The third-order valence-electron chi connectivity index (χ3n) is 1.45. The van der Waals surface area contributed by atoms with Crippen LogP contribution >= 0.6 is 11.8 Å². The molecule has 0 radical (unpaired) electrons. The molecule has 0 amide bonds. The summed E-state index contributed by atoms with van der Waals surface area (Å²) in [5.74, 6) is 0.692. The van der Waals surface area contributed by atoms with E-state index in [9.17, 15) is 0 Å². The lowest BCUT2D eigenvalue weighted by Gasteiger charge is -2.12. The number of tetrazole rings is 1. The Morgan fingerprint density at radius 1 is 1.62 bits per heavy atom. The van der Waals surface area contributed by atoms with Crippen molar-refractivity contribution in [3.8, 4) is 6.07 Å². The van der Waals surface area contributed by atoms with Crippen molar-refractivity contribution < 1.29 is 0 Å². The zero-order chi connectivity index (χ0) is 9.90. The molecule has 13 heavy (non-hydrogen) atoms. The summed E-state index contributed by atoms with van der Waals surface area (Å²) >= 11 is 1.49. The molecule has 0 aliphatic heterocycles. The van der Waals surface area contributed by atoms with Crippen molar-refractivity contribution in [2.75, 3.05) is 5.75 Å². The Balaban J connectivity index is 2.54. The maximum absolute atomic E-state index is 8.77. The van der Waals surface area contributed by atoms with Crippen molar-refractivity contribution in [3.05, 3.63) is 0 Å². The molecule has 0 spiro atoms. The normalized spacial score (nSPS) is 11.2. The van der Waals surface area contributed by atoms with E-state index in [1.165, 1.54) is 11.8 Å². The summed E-state index contributed by atoms with van der Waals surface area (Å²) in [6, 6.07) is 2.22. The largest absolute Gasteiger partial charge is 0.224 e. The van der Waals surface area contributed by atoms with Crippen LogP contribution in [0.15, 0.2) is 5.16 Å². The van der Waals surface area contributed by atoms with E-state index in [0.29, 0.717) is 5.75 Å². The lowest BCUT2D eigenvalue weighted by Crippen LogP contribution is -2.11. The first-order valence-corrected chi connectivity index (χ1v) is 4.80. The summed E-state index contributed by atoms with van der Waals surface area (Å²) in [6.07, 6.45) is 0. The summed E-state index contributed by atoms with van der Waals surface area (Å²) in [5.41, 5.74) is -0.337. The van der Waals surface area contributed by atoms with Gasteiger partial charge in [0.05, 0.1) is 11.5 Å². The fourth-order valence-corrected chi connectivity index (χ4v) is 1.49. The molecule has 5 nitrogen and oxygen atoms in total. The average molecular weight is 197 g/mol. The van der Waals surface area contributed by atoms with Gasteiger partial charge in [-0.15, -0.1) is 5.10 Å². The van der Waals surface area contributed by atoms with Gasteiger partial charge in [-0.1, -0.05) is 11.8 Å². The van der Waals surface area contributed by atoms with E-state index >= 15 is 0 Å². The van der Waals surface area contributed by atoms with Gasteiger partial charge in [-0.05, 0) is 24.3 Å².